The topological polar surface area (TPSA) is 91.0 Å². The molecule has 3 aromatic rings. The van der Waals surface area contributed by atoms with E-state index in [0.717, 1.165) is 37.2 Å². The number of aromatic nitrogens is 2. The van der Waals surface area contributed by atoms with Gasteiger partial charge >= 0.3 is 0 Å². The van der Waals surface area contributed by atoms with Crippen LogP contribution in [-0.2, 0) is 10.0 Å². The van der Waals surface area contributed by atoms with E-state index in [1.165, 1.54) is 10.2 Å². The molecule has 8 heteroatoms. The van der Waals surface area contributed by atoms with Gasteiger partial charge < -0.3 is 10.2 Å². The molecule has 1 saturated carbocycles. The van der Waals surface area contributed by atoms with Gasteiger partial charge in [0.25, 0.3) is 10.0 Å². The molecule has 0 bridgehead atoms. The van der Waals surface area contributed by atoms with Crippen LogP contribution >= 0.6 is 0 Å². The van der Waals surface area contributed by atoms with Gasteiger partial charge in [0.1, 0.15) is 6.07 Å². The second kappa shape index (κ2) is 7.36. The Labute approximate surface area is 182 Å². The zero-order chi connectivity index (χ0) is 21.8. The molecule has 1 saturated heterocycles. The predicted octanol–water partition coefficient (Wildman–Crippen LogP) is 2.89. The molecule has 1 aliphatic heterocycles. The quantitative estimate of drug-likeness (QED) is 0.678. The molecule has 2 aromatic heterocycles. The summed E-state index contributed by atoms with van der Waals surface area (Å²) in [6, 6.07) is 11.1. The number of nitriles is 1. The van der Waals surface area contributed by atoms with Crippen LogP contribution in [0.4, 0.5) is 5.69 Å². The van der Waals surface area contributed by atoms with Gasteiger partial charge in [0.15, 0.2) is 5.65 Å². The van der Waals surface area contributed by atoms with Crippen LogP contribution in [0.5, 0.6) is 0 Å². The monoisotopic (exact) mass is 435 g/mol. The fraction of sp³-hybridized carbons (Fsp3) is 0.391. The van der Waals surface area contributed by atoms with Crippen molar-refractivity contribution in [3.05, 3.63) is 53.9 Å². The Kier molecular flexibility index (Phi) is 4.76. The lowest BCUT2D eigenvalue weighted by molar-refractivity contribution is 0.494. The Morgan fingerprint density at radius 1 is 1.16 bits per heavy atom. The van der Waals surface area contributed by atoms with E-state index < -0.39 is 10.0 Å². The second-order valence-electron chi connectivity index (χ2n) is 8.71. The third-order valence-corrected chi connectivity index (χ3v) is 8.56. The van der Waals surface area contributed by atoms with Crippen molar-refractivity contribution in [3.63, 3.8) is 0 Å². The van der Waals surface area contributed by atoms with Gasteiger partial charge in [-0.25, -0.2) is 17.4 Å². The summed E-state index contributed by atoms with van der Waals surface area (Å²) in [7, 11) is -1.77. The third kappa shape index (κ3) is 3.20. The zero-order valence-electron chi connectivity index (χ0n) is 17.6. The van der Waals surface area contributed by atoms with Gasteiger partial charge in [-0.05, 0) is 62.9 Å². The first-order valence-corrected chi connectivity index (χ1v) is 12.0. The Balaban J connectivity index is 1.59. The van der Waals surface area contributed by atoms with Crippen LogP contribution in [0.15, 0.2) is 47.6 Å². The van der Waals surface area contributed by atoms with Gasteiger partial charge in [-0.15, -0.1) is 0 Å². The zero-order valence-corrected chi connectivity index (χ0v) is 18.4. The average Bonchev–Trinajstić information content (AvgIpc) is 3.47. The summed E-state index contributed by atoms with van der Waals surface area (Å²) in [5.74, 6) is 1.34. The van der Waals surface area contributed by atoms with Crippen molar-refractivity contribution in [1.29, 1.82) is 5.26 Å². The summed E-state index contributed by atoms with van der Waals surface area (Å²) < 4.78 is 27.8. The van der Waals surface area contributed by atoms with Crippen molar-refractivity contribution in [2.24, 2.45) is 11.8 Å². The van der Waals surface area contributed by atoms with Crippen LogP contribution in [-0.4, -0.2) is 43.6 Å². The first kappa shape index (κ1) is 20.0. The smallest absolute Gasteiger partial charge is 0.269 e. The highest BCUT2D eigenvalue weighted by atomic mass is 32.2. The van der Waals surface area contributed by atoms with Crippen LogP contribution in [0.1, 0.15) is 24.0 Å². The van der Waals surface area contributed by atoms with E-state index in [1.807, 2.05) is 14.0 Å². The molecule has 7 nitrogen and oxygen atoms in total. The highest BCUT2D eigenvalue weighted by Gasteiger charge is 2.39. The number of rotatable bonds is 4. The Morgan fingerprint density at radius 2 is 1.84 bits per heavy atom. The number of benzene rings is 1. The molecule has 2 fully saturated rings. The van der Waals surface area contributed by atoms with Crippen molar-refractivity contribution in [1.82, 2.24) is 14.3 Å². The lowest BCUT2D eigenvalue weighted by Gasteiger charge is -2.29. The summed E-state index contributed by atoms with van der Waals surface area (Å²) >= 11 is 0. The fourth-order valence-corrected chi connectivity index (χ4v) is 6.46. The maximum atomic E-state index is 13.3. The summed E-state index contributed by atoms with van der Waals surface area (Å²) in [5.41, 5.74) is 2.58. The van der Waals surface area contributed by atoms with Crippen LogP contribution in [0.3, 0.4) is 0 Å². The molecule has 1 unspecified atom stereocenters. The number of hydrogen-bond acceptors (Lipinski definition) is 6. The van der Waals surface area contributed by atoms with Gasteiger partial charge in [0.05, 0.1) is 16.1 Å². The largest absolute Gasteiger partial charge is 0.370 e. The van der Waals surface area contributed by atoms with Crippen molar-refractivity contribution < 1.29 is 8.42 Å². The summed E-state index contributed by atoms with van der Waals surface area (Å²) in [6.45, 7) is 4.02. The third-order valence-electron chi connectivity index (χ3n) is 6.88. The fourth-order valence-electron chi connectivity index (χ4n) is 5.16. The molecule has 0 amide bonds. The van der Waals surface area contributed by atoms with Gasteiger partial charge in [0.2, 0.25) is 0 Å². The molecular formula is C23H25N5O2S. The van der Waals surface area contributed by atoms with E-state index in [0.29, 0.717) is 34.5 Å². The summed E-state index contributed by atoms with van der Waals surface area (Å²) in [5, 5.41) is 13.9. The SMILES string of the molecule is Cc1ccc(S(=O)(=O)n2ccc3c(N(C)C4C[C@H]5CNC[C@H]5C4)c(C#N)cnc32)cc1. The lowest BCUT2D eigenvalue weighted by Crippen LogP contribution is -2.32. The Hall–Kier alpha value is -2.89. The van der Waals surface area contributed by atoms with Gasteiger partial charge in [-0.2, -0.15) is 5.26 Å². The minimum absolute atomic E-state index is 0.216. The minimum atomic E-state index is -3.79. The second-order valence-corrected chi connectivity index (χ2v) is 10.5. The number of aryl methyl sites for hydroxylation is 1. The number of nitrogens with zero attached hydrogens (tertiary/aromatic N) is 4. The van der Waals surface area contributed by atoms with Crippen molar-refractivity contribution in [2.45, 2.75) is 30.7 Å². The van der Waals surface area contributed by atoms with Crippen molar-refractivity contribution in [2.75, 3.05) is 25.0 Å². The Morgan fingerprint density at radius 3 is 2.48 bits per heavy atom. The van der Waals surface area contributed by atoms with Crippen LogP contribution in [0, 0.1) is 30.1 Å². The lowest BCUT2D eigenvalue weighted by atomic mass is 10.0. The molecule has 1 N–H and O–H groups in total. The van der Waals surface area contributed by atoms with Crippen LogP contribution < -0.4 is 10.2 Å². The number of fused-ring (bicyclic) bond motifs is 2. The summed E-state index contributed by atoms with van der Waals surface area (Å²) in [6.07, 6.45) is 5.18. The average molecular weight is 436 g/mol. The molecule has 1 aliphatic carbocycles. The summed E-state index contributed by atoms with van der Waals surface area (Å²) in [4.78, 5) is 6.76. The molecule has 5 rings (SSSR count). The van der Waals surface area contributed by atoms with E-state index in [2.05, 4.69) is 21.3 Å². The molecule has 160 valence electrons. The van der Waals surface area contributed by atoms with E-state index in [1.54, 1.807) is 36.5 Å². The molecule has 0 spiro atoms. The maximum Gasteiger partial charge on any atom is 0.269 e. The highest BCUT2D eigenvalue weighted by molar-refractivity contribution is 7.90. The van der Waals surface area contributed by atoms with E-state index in [4.69, 9.17) is 0 Å². The molecule has 0 radical (unpaired) electrons. The van der Waals surface area contributed by atoms with Crippen molar-refractivity contribution >= 4 is 26.7 Å². The van der Waals surface area contributed by atoms with E-state index >= 15 is 0 Å². The number of nitrogens with one attached hydrogen (secondary N) is 1. The first-order chi connectivity index (χ1) is 14.9. The number of anilines is 1. The van der Waals surface area contributed by atoms with Gasteiger partial charge in [-0.3, -0.25) is 0 Å². The number of pyridine rings is 1. The molecule has 3 atom stereocenters. The van der Waals surface area contributed by atoms with E-state index in [-0.39, 0.29) is 4.90 Å². The van der Waals surface area contributed by atoms with Gasteiger partial charge in [0, 0.05) is 30.9 Å². The van der Waals surface area contributed by atoms with Crippen molar-refractivity contribution in [3.8, 4) is 6.07 Å². The molecule has 2 aliphatic rings. The Bertz CT molecular complexity index is 1280. The highest BCUT2D eigenvalue weighted by Crippen LogP contribution is 2.40. The standard InChI is InChI=1S/C23H25N5O2S/c1-15-3-5-20(6-4-15)31(29,30)28-8-7-21-22(18(11-24)14-26-23(21)28)27(2)19-9-16-12-25-13-17(16)10-19/h3-8,14,16-17,19,25H,9-10,12-13H2,1-2H3/t16-,17+,19?. The van der Waals surface area contributed by atoms with E-state index in [9.17, 15) is 13.7 Å². The molecular weight excluding hydrogens is 410 g/mol. The van der Waals surface area contributed by atoms with Crippen LogP contribution in [0.2, 0.25) is 0 Å². The minimum Gasteiger partial charge on any atom is -0.370 e. The van der Waals surface area contributed by atoms with Crippen LogP contribution in [0.25, 0.3) is 11.0 Å². The molecule has 3 heterocycles. The number of hydrogen-bond donors (Lipinski definition) is 1. The normalized spacial score (nSPS) is 23.1. The van der Waals surface area contributed by atoms with Gasteiger partial charge in [-0.1, -0.05) is 17.7 Å². The molecule has 1 aromatic carbocycles. The predicted molar refractivity (Wildman–Crippen MR) is 119 cm³/mol. The maximum absolute atomic E-state index is 13.3. The first-order valence-electron chi connectivity index (χ1n) is 10.6. The molecule has 31 heavy (non-hydrogen) atoms.